The van der Waals surface area contributed by atoms with Gasteiger partial charge in [-0.05, 0) is 18.2 Å². The lowest BCUT2D eigenvalue weighted by Crippen LogP contribution is -2.01. The maximum Gasteiger partial charge on any atom is 0.125 e. The number of rotatable bonds is 4. The van der Waals surface area contributed by atoms with Gasteiger partial charge in [-0.2, -0.15) is 0 Å². The summed E-state index contributed by atoms with van der Waals surface area (Å²) in [5.41, 5.74) is 7.37. The summed E-state index contributed by atoms with van der Waals surface area (Å²) in [4.78, 5) is 0. The quantitative estimate of drug-likeness (QED) is 0.847. The van der Waals surface area contributed by atoms with Crippen molar-refractivity contribution in [3.63, 3.8) is 0 Å². The number of para-hydroxylation sites is 1. The molecular formula is C17H16FNO2. The van der Waals surface area contributed by atoms with E-state index < -0.39 is 0 Å². The minimum atomic E-state index is -0.351. The van der Waals surface area contributed by atoms with Crippen molar-refractivity contribution in [3.05, 3.63) is 65.0 Å². The molecule has 3 nitrogen and oxygen atoms in total. The first-order valence-corrected chi connectivity index (χ1v) is 6.53. The van der Waals surface area contributed by atoms with E-state index in [0.717, 1.165) is 5.56 Å². The van der Waals surface area contributed by atoms with Crippen molar-refractivity contribution in [1.82, 2.24) is 0 Å². The molecule has 2 rings (SSSR count). The van der Waals surface area contributed by atoms with Crippen molar-refractivity contribution in [3.8, 4) is 17.6 Å². The maximum absolute atomic E-state index is 13.3. The van der Waals surface area contributed by atoms with Gasteiger partial charge in [-0.1, -0.05) is 36.1 Å². The second-order valence-corrected chi connectivity index (χ2v) is 4.36. The zero-order valence-corrected chi connectivity index (χ0v) is 11.5. The van der Waals surface area contributed by atoms with Gasteiger partial charge in [0.25, 0.3) is 0 Å². The second-order valence-electron chi connectivity index (χ2n) is 4.36. The minimum Gasteiger partial charge on any atom is -0.488 e. The average molecular weight is 285 g/mol. The van der Waals surface area contributed by atoms with Crippen LogP contribution in [0.2, 0.25) is 0 Å². The number of nitrogens with two attached hydrogens (primary N) is 1. The molecule has 0 spiro atoms. The highest BCUT2D eigenvalue weighted by atomic mass is 19.1. The lowest BCUT2D eigenvalue weighted by Gasteiger charge is -2.11. The van der Waals surface area contributed by atoms with Crippen molar-refractivity contribution in [1.29, 1.82) is 0 Å². The molecule has 0 radical (unpaired) electrons. The van der Waals surface area contributed by atoms with Crippen LogP contribution in [-0.4, -0.2) is 11.7 Å². The molecule has 3 N–H and O–H groups in total. The van der Waals surface area contributed by atoms with E-state index in [0.29, 0.717) is 16.9 Å². The molecular weight excluding hydrogens is 269 g/mol. The molecule has 21 heavy (non-hydrogen) atoms. The van der Waals surface area contributed by atoms with E-state index in [1.807, 2.05) is 12.1 Å². The molecule has 0 aromatic heterocycles. The summed E-state index contributed by atoms with van der Waals surface area (Å²) in [6, 6.07) is 11.6. The van der Waals surface area contributed by atoms with Crippen LogP contribution in [0.4, 0.5) is 4.39 Å². The predicted octanol–water partition coefficient (Wildman–Crippen LogP) is 2.21. The standard InChI is InChI=1S/C17H16FNO2/c18-16-8-7-15(13(10-16)5-3-9-19)12-21-17-6-2-1-4-14(17)11-20/h1-2,4,6-8,10,20H,9,11-12,19H2. The molecule has 0 saturated heterocycles. The monoisotopic (exact) mass is 285 g/mol. The van der Waals surface area contributed by atoms with Crippen LogP contribution < -0.4 is 10.5 Å². The number of halogens is 1. The van der Waals surface area contributed by atoms with Crippen LogP contribution in [0.25, 0.3) is 0 Å². The number of hydrogen-bond acceptors (Lipinski definition) is 3. The number of benzene rings is 2. The van der Waals surface area contributed by atoms with Crippen LogP contribution in [0.15, 0.2) is 42.5 Å². The van der Waals surface area contributed by atoms with Crippen LogP contribution in [0.3, 0.4) is 0 Å². The topological polar surface area (TPSA) is 55.5 Å². The summed E-state index contributed by atoms with van der Waals surface area (Å²) in [5, 5.41) is 9.26. The third kappa shape index (κ3) is 4.06. The van der Waals surface area contributed by atoms with Crippen LogP contribution in [0, 0.1) is 17.7 Å². The predicted molar refractivity (Wildman–Crippen MR) is 79.0 cm³/mol. The summed E-state index contributed by atoms with van der Waals surface area (Å²) in [6.07, 6.45) is 0. The van der Waals surface area contributed by atoms with Crippen LogP contribution >= 0.6 is 0 Å². The zero-order chi connectivity index (χ0) is 15.1. The Kier molecular flexibility index (Phi) is 5.33. The normalized spacial score (nSPS) is 9.86. The Balaban J connectivity index is 2.20. The van der Waals surface area contributed by atoms with E-state index in [9.17, 15) is 9.50 Å². The van der Waals surface area contributed by atoms with E-state index in [1.54, 1.807) is 18.2 Å². The van der Waals surface area contributed by atoms with E-state index >= 15 is 0 Å². The number of hydrogen-bond donors (Lipinski definition) is 2. The number of ether oxygens (including phenoxy) is 1. The Morgan fingerprint density at radius 2 is 1.95 bits per heavy atom. The SMILES string of the molecule is NCC#Cc1cc(F)ccc1COc1ccccc1CO. The van der Waals surface area contributed by atoms with Gasteiger partial charge in [0.05, 0.1) is 13.2 Å². The van der Waals surface area contributed by atoms with Crippen molar-refractivity contribution in [2.75, 3.05) is 6.54 Å². The van der Waals surface area contributed by atoms with E-state index in [-0.39, 0.29) is 25.6 Å². The van der Waals surface area contributed by atoms with E-state index in [2.05, 4.69) is 11.8 Å². The van der Waals surface area contributed by atoms with Gasteiger partial charge in [0.15, 0.2) is 0 Å². The zero-order valence-electron chi connectivity index (χ0n) is 11.5. The first kappa shape index (κ1) is 15.0. The number of aliphatic hydroxyl groups excluding tert-OH is 1. The Hall–Kier alpha value is -2.35. The molecule has 0 heterocycles. The summed E-state index contributed by atoms with van der Waals surface area (Å²) in [6.45, 7) is 0.357. The first-order valence-electron chi connectivity index (χ1n) is 6.53. The Labute approximate surface area is 123 Å². The maximum atomic E-state index is 13.3. The average Bonchev–Trinajstić information content (AvgIpc) is 2.52. The number of aliphatic hydroxyl groups is 1. The molecule has 2 aromatic carbocycles. The molecule has 0 aliphatic rings. The van der Waals surface area contributed by atoms with Crippen LogP contribution in [0.5, 0.6) is 5.75 Å². The van der Waals surface area contributed by atoms with Crippen molar-refractivity contribution in [2.45, 2.75) is 13.2 Å². The van der Waals surface area contributed by atoms with Gasteiger partial charge in [0.1, 0.15) is 18.2 Å². The minimum absolute atomic E-state index is 0.0978. The van der Waals surface area contributed by atoms with Gasteiger partial charge >= 0.3 is 0 Å². The Bertz CT molecular complexity index is 674. The van der Waals surface area contributed by atoms with Gasteiger partial charge in [-0.3, -0.25) is 0 Å². The van der Waals surface area contributed by atoms with Gasteiger partial charge in [0, 0.05) is 16.7 Å². The van der Waals surface area contributed by atoms with Gasteiger partial charge < -0.3 is 15.6 Å². The van der Waals surface area contributed by atoms with Crippen molar-refractivity contribution < 1.29 is 14.2 Å². The summed E-state index contributed by atoms with van der Waals surface area (Å²) in [7, 11) is 0. The Morgan fingerprint density at radius 3 is 2.71 bits per heavy atom. The molecule has 0 aliphatic carbocycles. The van der Waals surface area contributed by atoms with E-state index in [1.165, 1.54) is 12.1 Å². The molecule has 0 aliphatic heterocycles. The third-order valence-electron chi connectivity index (χ3n) is 2.92. The molecule has 0 unspecified atom stereocenters. The van der Waals surface area contributed by atoms with Crippen molar-refractivity contribution in [2.24, 2.45) is 5.73 Å². The largest absolute Gasteiger partial charge is 0.488 e. The lowest BCUT2D eigenvalue weighted by molar-refractivity contribution is 0.259. The second kappa shape index (κ2) is 7.44. The molecule has 4 heteroatoms. The van der Waals surface area contributed by atoms with Gasteiger partial charge in [0.2, 0.25) is 0 Å². The van der Waals surface area contributed by atoms with Gasteiger partial charge in [-0.15, -0.1) is 0 Å². The van der Waals surface area contributed by atoms with E-state index in [4.69, 9.17) is 10.5 Å². The first-order chi connectivity index (χ1) is 10.2. The van der Waals surface area contributed by atoms with Gasteiger partial charge in [-0.25, -0.2) is 4.39 Å². The fourth-order valence-electron chi connectivity index (χ4n) is 1.87. The Morgan fingerprint density at radius 1 is 1.14 bits per heavy atom. The molecule has 0 amide bonds. The highest BCUT2D eigenvalue weighted by Gasteiger charge is 2.06. The highest BCUT2D eigenvalue weighted by Crippen LogP contribution is 2.20. The molecule has 0 fully saturated rings. The van der Waals surface area contributed by atoms with Crippen molar-refractivity contribution >= 4 is 0 Å². The van der Waals surface area contributed by atoms with Crippen LogP contribution in [-0.2, 0) is 13.2 Å². The lowest BCUT2D eigenvalue weighted by atomic mass is 10.1. The third-order valence-corrected chi connectivity index (χ3v) is 2.92. The fraction of sp³-hybridized carbons (Fsp3) is 0.176. The summed E-state index contributed by atoms with van der Waals surface area (Å²) < 4.78 is 19.0. The molecule has 0 bridgehead atoms. The van der Waals surface area contributed by atoms with Crippen LogP contribution in [0.1, 0.15) is 16.7 Å². The molecule has 0 saturated carbocycles. The molecule has 0 atom stereocenters. The highest BCUT2D eigenvalue weighted by molar-refractivity contribution is 5.42. The summed E-state index contributed by atoms with van der Waals surface area (Å²) >= 11 is 0. The molecule has 2 aromatic rings. The summed E-state index contributed by atoms with van der Waals surface area (Å²) in [5.74, 6) is 5.79. The fourth-order valence-corrected chi connectivity index (χ4v) is 1.87. The smallest absolute Gasteiger partial charge is 0.125 e. The molecule has 108 valence electrons.